The zero-order valence-electron chi connectivity index (χ0n) is 19.9. The van der Waals surface area contributed by atoms with Crippen LogP contribution in [0.2, 0.25) is 0 Å². The van der Waals surface area contributed by atoms with Gasteiger partial charge < -0.3 is 14.6 Å². The molecule has 1 aromatic heterocycles. The highest BCUT2D eigenvalue weighted by Crippen LogP contribution is 2.32. The third-order valence-electron chi connectivity index (χ3n) is 6.38. The normalized spacial score (nSPS) is 13.0. The molecule has 0 aliphatic carbocycles. The number of nitrogens with zero attached hydrogens (tertiary/aromatic N) is 2. The van der Waals surface area contributed by atoms with E-state index in [1.54, 1.807) is 29.2 Å². The van der Waals surface area contributed by atoms with Gasteiger partial charge in [-0.05, 0) is 55.3 Å². The van der Waals surface area contributed by atoms with E-state index in [-0.39, 0.29) is 15.8 Å². The summed E-state index contributed by atoms with van der Waals surface area (Å²) >= 11 is 0. The molecule has 1 aliphatic heterocycles. The number of para-hydroxylation sites is 3. The Morgan fingerprint density at radius 2 is 1.83 bits per heavy atom. The van der Waals surface area contributed by atoms with Gasteiger partial charge in [-0.2, -0.15) is 0 Å². The molecular weight excluding hydrogens is 478 g/mol. The minimum Gasteiger partial charge on any atom is -0.492 e. The van der Waals surface area contributed by atoms with Crippen molar-refractivity contribution in [3.8, 4) is 5.75 Å². The van der Waals surface area contributed by atoms with Crippen LogP contribution in [0, 0.1) is 0 Å². The number of hydrogen-bond donors (Lipinski definition) is 1. The monoisotopic (exact) mass is 503 g/mol. The van der Waals surface area contributed by atoms with Crippen LogP contribution >= 0.6 is 0 Å². The van der Waals surface area contributed by atoms with E-state index in [9.17, 15) is 18.0 Å². The summed E-state index contributed by atoms with van der Waals surface area (Å²) in [6.07, 6.45) is 2.11. The molecule has 0 radical (unpaired) electrons. The zero-order chi connectivity index (χ0) is 25.4. The Balaban J connectivity index is 1.55. The van der Waals surface area contributed by atoms with Crippen LogP contribution in [-0.4, -0.2) is 39.5 Å². The Morgan fingerprint density at radius 3 is 2.64 bits per heavy atom. The Labute approximate surface area is 208 Å². The van der Waals surface area contributed by atoms with E-state index in [2.05, 4.69) is 4.98 Å². The number of rotatable bonds is 6. The molecule has 0 unspecified atom stereocenters. The number of hydrogen-bond acceptors (Lipinski definition) is 5. The Bertz CT molecular complexity index is 1650. The topological polar surface area (TPSA) is 99.8 Å². The predicted octanol–water partition coefficient (Wildman–Crippen LogP) is 3.95. The fourth-order valence-corrected chi connectivity index (χ4v) is 5.73. The van der Waals surface area contributed by atoms with Gasteiger partial charge in [-0.3, -0.25) is 13.9 Å². The van der Waals surface area contributed by atoms with E-state index in [4.69, 9.17) is 4.74 Å². The number of fused-ring (bicyclic) bond motifs is 2. The highest BCUT2D eigenvalue weighted by molar-refractivity contribution is 7.92. The molecule has 1 aliphatic rings. The van der Waals surface area contributed by atoms with E-state index in [0.717, 1.165) is 15.6 Å². The highest BCUT2D eigenvalue weighted by atomic mass is 32.2. The van der Waals surface area contributed by atoms with Gasteiger partial charge in [0, 0.05) is 36.4 Å². The lowest BCUT2D eigenvalue weighted by Crippen LogP contribution is -2.33. The number of amides is 1. The first kappa shape index (κ1) is 23.6. The summed E-state index contributed by atoms with van der Waals surface area (Å²) in [7, 11) is -2.59. The molecule has 0 spiro atoms. The smallest absolute Gasteiger partial charge is 0.264 e. The first-order valence-corrected chi connectivity index (χ1v) is 13.0. The van der Waals surface area contributed by atoms with E-state index < -0.39 is 21.4 Å². The van der Waals surface area contributed by atoms with Crippen molar-refractivity contribution in [3.05, 3.63) is 94.3 Å². The van der Waals surface area contributed by atoms with Crippen LogP contribution < -0.4 is 19.4 Å². The number of nitrogens with one attached hydrogen (secondary N) is 1. The fraction of sp³-hybridized carbons (Fsp3) is 0.185. The lowest BCUT2D eigenvalue weighted by molar-refractivity contribution is 0.0988. The summed E-state index contributed by atoms with van der Waals surface area (Å²) in [6, 6.07) is 18.7. The number of H-pyrrole nitrogens is 1. The number of carbonyl (C=O) groups is 1. The number of anilines is 2. The quantitative estimate of drug-likeness (QED) is 0.429. The summed E-state index contributed by atoms with van der Waals surface area (Å²) in [5.74, 6) is 0.0163. The van der Waals surface area contributed by atoms with Gasteiger partial charge in [-0.1, -0.05) is 30.3 Å². The number of carbonyl (C=O) groups excluding carboxylic acids is 1. The van der Waals surface area contributed by atoms with Gasteiger partial charge in [-0.15, -0.1) is 0 Å². The van der Waals surface area contributed by atoms with Gasteiger partial charge in [0.05, 0.1) is 17.2 Å². The molecule has 36 heavy (non-hydrogen) atoms. The predicted molar refractivity (Wildman–Crippen MR) is 140 cm³/mol. The van der Waals surface area contributed by atoms with Crippen LogP contribution in [0.15, 0.2) is 82.6 Å². The average molecular weight is 504 g/mol. The van der Waals surface area contributed by atoms with Crippen LogP contribution in [0.5, 0.6) is 5.75 Å². The summed E-state index contributed by atoms with van der Waals surface area (Å²) in [6.45, 7) is 2.68. The largest absolute Gasteiger partial charge is 0.492 e. The third-order valence-corrected chi connectivity index (χ3v) is 8.15. The molecule has 5 rings (SSSR count). The molecule has 0 atom stereocenters. The van der Waals surface area contributed by atoms with Gasteiger partial charge in [-0.25, -0.2) is 8.42 Å². The molecule has 184 valence electrons. The maximum atomic E-state index is 13.5. The second-order valence-corrected chi connectivity index (χ2v) is 10.4. The maximum Gasteiger partial charge on any atom is 0.264 e. The number of aromatic amines is 1. The number of ether oxygens (including phenoxy) is 1. The van der Waals surface area contributed by atoms with Crippen molar-refractivity contribution in [1.82, 2.24) is 4.98 Å². The van der Waals surface area contributed by atoms with Crippen molar-refractivity contribution in [2.45, 2.75) is 18.2 Å². The van der Waals surface area contributed by atoms with Gasteiger partial charge in [0.15, 0.2) is 0 Å². The van der Waals surface area contributed by atoms with Crippen molar-refractivity contribution >= 4 is 38.2 Å². The van der Waals surface area contributed by atoms with Gasteiger partial charge in [0.1, 0.15) is 11.3 Å². The molecule has 3 aromatic carbocycles. The Hall–Kier alpha value is -4.11. The molecule has 4 aromatic rings. The van der Waals surface area contributed by atoms with Crippen molar-refractivity contribution in [2.24, 2.45) is 0 Å². The second kappa shape index (κ2) is 9.16. The lowest BCUT2D eigenvalue weighted by Gasteiger charge is -2.22. The first-order valence-electron chi connectivity index (χ1n) is 11.6. The minimum atomic E-state index is -4.02. The van der Waals surface area contributed by atoms with E-state index in [1.165, 1.54) is 31.4 Å². The van der Waals surface area contributed by atoms with E-state index in [1.807, 2.05) is 31.2 Å². The van der Waals surface area contributed by atoms with Crippen LogP contribution in [0.4, 0.5) is 11.4 Å². The van der Waals surface area contributed by atoms with Gasteiger partial charge in [0.25, 0.3) is 15.9 Å². The number of pyridine rings is 1. The molecule has 0 bridgehead atoms. The molecule has 1 amide bonds. The minimum absolute atomic E-state index is 0.0382. The Morgan fingerprint density at radius 1 is 1.08 bits per heavy atom. The van der Waals surface area contributed by atoms with Crippen LogP contribution in [0.25, 0.3) is 10.9 Å². The SMILES string of the molecule is CCOc1ccccc1N(C)S(=O)(=O)c1ccc2[nH]cc(C(=O)N3CCc4ccccc43)c(=O)c2c1. The summed E-state index contributed by atoms with van der Waals surface area (Å²) in [5.41, 5.74) is 2.09. The summed E-state index contributed by atoms with van der Waals surface area (Å²) < 4.78 is 33.7. The van der Waals surface area contributed by atoms with Gasteiger partial charge in [0.2, 0.25) is 5.43 Å². The highest BCUT2D eigenvalue weighted by Gasteiger charge is 2.28. The average Bonchev–Trinajstić information content (AvgIpc) is 3.33. The standard InChI is InChI=1S/C27H25N3O5S/c1-3-35-25-11-7-6-10-24(25)29(2)36(33,34)19-12-13-22-20(16-19)26(31)21(17-28-22)27(32)30-15-14-18-8-4-5-9-23(18)30/h4-13,16-17H,3,14-15H2,1-2H3,(H,28,31). The first-order chi connectivity index (χ1) is 17.3. The van der Waals surface area contributed by atoms with Crippen LogP contribution in [0.1, 0.15) is 22.8 Å². The van der Waals surface area contributed by atoms with Crippen molar-refractivity contribution in [1.29, 1.82) is 0 Å². The molecule has 2 heterocycles. The second-order valence-electron chi connectivity index (χ2n) is 8.45. The molecule has 0 fully saturated rings. The summed E-state index contributed by atoms with van der Waals surface area (Å²) in [5, 5.41) is 0.126. The molecule has 0 saturated carbocycles. The molecule has 1 N–H and O–H groups in total. The summed E-state index contributed by atoms with van der Waals surface area (Å²) in [4.78, 5) is 31.2. The molecule has 9 heteroatoms. The number of aromatic nitrogens is 1. The number of sulfonamides is 1. The zero-order valence-corrected chi connectivity index (χ0v) is 20.7. The number of benzene rings is 3. The van der Waals surface area contributed by atoms with Gasteiger partial charge >= 0.3 is 0 Å². The van der Waals surface area contributed by atoms with Crippen molar-refractivity contribution in [2.75, 3.05) is 29.4 Å². The fourth-order valence-electron chi connectivity index (χ4n) is 4.49. The van der Waals surface area contributed by atoms with Crippen molar-refractivity contribution < 1.29 is 17.9 Å². The maximum absolute atomic E-state index is 13.5. The lowest BCUT2D eigenvalue weighted by atomic mass is 10.1. The van der Waals surface area contributed by atoms with Crippen LogP contribution in [0.3, 0.4) is 0 Å². The Kier molecular flexibility index (Phi) is 6.01. The molecular formula is C27H25N3O5S. The van der Waals surface area contributed by atoms with E-state index in [0.29, 0.717) is 36.5 Å². The third kappa shape index (κ3) is 3.91. The van der Waals surface area contributed by atoms with Crippen LogP contribution in [-0.2, 0) is 16.4 Å². The molecule has 8 nitrogen and oxygen atoms in total. The molecule has 0 saturated heterocycles. The van der Waals surface area contributed by atoms with E-state index >= 15 is 0 Å². The van der Waals surface area contributed by atoms with Crippen molar-refractivity contribution in [3.63, 3.8) is 0 Å².